The third-order valence-electron chi connectivity index (χ3n) is 5.81. The maximum Gasteiger partial charge on any atom is 0.331 e. The van der Waals surface area contributed by atoms with E-state index in [1.165, 1.54) is 35.1 Å². The highest BCUT2D eigenvalue weighted by Gasteiger charge is 2.31. The predicted molar refractivity (Wildman–Crippen MR) is 144 cm³/mol. The Bertz CT molecular complexity index is 1830. The van der Waals surface area contributed by atoms with Gasteiger partial charge in [-0.25, -0.2) is 9.66 Å². The summed E-state index contributed by atoms with van der Waals surface area (Å²) in [5.74, 6) is -0.943. The monoisotopic (exact) mass is 550 g/mol. The van der Waals surface area contributed by atoms with Crippen molar-refractivity contribution in [3.8, 4) is 17.4 Å². The summed E-state index contributed by atoms with van der Waals surface area (Å²) < 4.78 is 37.0. The van der Waals surface area contributed by atoms with Gasteiger partial charge in [-0.2, -0.15) is 8.42 Å². The second-order valence-electron chi connectivity index (χ2n) is 9.02. The van der Waals surface area contributed by atoms with Crippen LogP contribution < -0.4 is 21.0 Å². The highest BCUT2D eigenvalue weighted by molar-refractivity contribution is 7.90. The smallest absolute Gasteiger partial charge is 0.331 e. The number of ether oxygens (including phenoxy) is 1. The highest BCUT2D eigenvalue weighted by atomic mass is 32.2. The number of amidine groups is 1. The minimum atomic E-state index is -4.39. The van der Waals surface area contributed by atoms with E-state index in [9.17, 15) is 28.4 Å². The van der Waals surface area contributed by atoms with Crippen LogP contribution in [0.15, 0.2) is 74.9 Å². The number of nitrogens with one attached hydrogen (secondary N) is 2. The van der Waals surface area contributed by atoms with Gasteiger partial charge in [0.05, 0.1) is 16.1 Å². The lowest BCUT2D eigenvalue weighted by Crippen LogP contribution is -2.37. The van der Waals surface area contributed by atoms with E-state index in [1.54, 1.807) is 24.3 Å². The second-order valence-corrected chi connectivity index (χ2v) is 10.6. The fraction of sp³-hybridized carbons (Fsp3) is 0.160. The first-order chi connectivity index (χ1) is 18.6. The molecule has 3 heterocycles. The predicted octanol–water partition coefficient (Wildman–Crippen LogP) is 3.56. The standard InChI is InChI=1S/C25H22N6O7S/c1-14(2)13-27-30-18-7-4-3-6-16(18)22(32)21(25(30)33)23-28-17-10-9-15(12-20(17)39(36,37)29-23)38-24-19(31(34)35)8-5-11-26-24/h3-12,14,27,32H,13H2,1-2H3,(H,28,29). The minimum absolute atomic E-state index is 0.0339. The Kier molecular flexibility index (Phi) is 6.39. The van der Waals surface area contributed by atoms with Crippen molar-refractivity contribution in [2.75, 3.05) is 17.3 Å². The number of nitro groups is 1. The third kappa shape index (κ3) is 4.72. The molecule has 2 aromatic carbocycles. The van der Waals surface area contributed by atoms with Gasteiger partial charge in [-0.05, 0) is 36.2 Å². The van der Waals surface area contributed by atoms with Crippen molar-refractivity contribution in [3.63, 3.8) is 0 Å². The first-order valence-corrected chi connectivity index (χ1v) is 13.1. The number of pyridine rings is 2. The summed E-state index contributed by atoms with van der Waals surface area (Å²) in [5, 5.41) is 25.4. The number of benzene rings is 2. The normalized spacial score (nSPS) is 13.9. The fourth-order valence-electron chi connectivity index (χ4n) is 3.99. The van der Waals surface area contributed by atoms with Crippen molar-refractivity contribution in [3.05, 3.63) is 86.8 Å². The van der Waals surface area contributed by atoms with E-state index in [4.69, 9.17) is 4.74 Å². The lowest BCUT2D eigenvalue weighted by atomic mass is 10.1. The highest BCUT2D eigenvalue weighted by Crippen LogP contribution is 2.36. The molecule has 1 aliphatic rings. The summed E-state index contributed by atoms with van der Waals surface area (Å²) in [6, 6.07) is 13.1. The molecule has 0 amide bonds. The molecule has 39 heavy (non-hydrogen) atoms. The number of hydrogen-bond acceptors (Lipinski definition) is 10. The Morgan fingerprint density at radius 3 is 2.69 bits per heavy atom. The Hall–Kier alpha value is -4.98. The van der Waals surface area contributed by atoms with Crippen LogP contribution >= 0.6 is 0 Å². The van der Waals surface area contributed by atoms with Crippen molar-refractivity contribution >= 4 is 38.1 Å². The maximum absolute atomic E-state index is 13.5. The fourth-order valence-corrected chi connectivity index (χ4v) is 5.13. The zero-order chi connectivity index (χ0) is 27.9. The quantitative estimate of drug-likeness (QED) is 0.228. The topological polar surface area (TPSA) is 178 Å². The van der Waals surface area contributed by atoms with Gasteiger partial charge in [0.25, 0.3) is 21.5 Å². The van der Waals surface area contributed by atoms with Crippen LogP contribution in [0.25, 0.3) is 10.9 Å². The van der Waals surface area contributed by atoms with Gasteiger partial charge in [-0.1, -0.05) is 26.0 Å². The Balaban J connectivity index is 1.59. The number of sulfonamides is 1. The molecule has 1 aliphatic heterocycles. The van der Waals surface area contributed by atoms with Crippen LogP contribution in [0.5, 0.6) is 17.4 Å². The van der Waals surface area contributed by atoms with Gasteiger partial charge >= 0.3 is 5.69 Å². The SMILES string of the molecule is CC(C)CNn1c(=O)c(C2=NS(=O)(=O)c3cc(Oc4ncccc4[N+](=O)[O-])ccc3N2)c(O)c2ccccc21. The Morgan fingerprint density at radius 2 is 1.95 bits per heavy atom. The summed E-state index contributed by atoms with van der Waals surface area (Å²) >= 11 is 0. The molecule has 0 fully saturated rings. The second kappa shape index (κ2) is 9.72. The lowest BCUT2D eigenvalue weighted by Gasteiger charge is -2.21. The van der Waals surface area contributed by atoms with Crippen LogP contribution in [0, 0.1) is 16.0 Å². The van der Waals surface area contributed by atoms with Crippen LogP contribution in [0.4, 0.5) is 11.4 Å². The van der Waals surface area contributed by atoms with E-state index in [0.29, 0.717) is 17.4 Å². The number of nitrogens with zero attached hydrogens (tertiary/aromatic N) is 4. The molecule has 0 bridgehead atoms. The summed E-state index contributed by atoms with van der Waals surface area (Å²) in [6.07, 6.45) is 1.30. The van der Waals surface area contributed by atoms with Crippen LogP contribution in [-0.4, -0.2) is 40.5 Å². The maximum atomic E-state index is 13.5. The van der Waals surface area contributed by atoms with Gasteiger partial charge in [-0.3, -0.25) is 14.9 Å². The molecule has 0 aliphatic carbocycles. The van der Waals surface area contributed by atoms with Crippen molar-refractivity contribution in [1.82, 2.24) is 9.66 Å². The summed E-state index contributed by atoms with van der Waals surface area (Å²) in [6.45, 7) is 4.36. The molecule has 0 unspecified atom stereocenters. The molecule has 0 saturated heterocycles. The summed E-state index contributed by atoms with van der Waals surface area (Å²) in [4.78, 5) is 27.7. The number of hydrogen-bond donors (Lipinski definition) is 3. The van der Waals surface area contributed by atoms with Gasteiger partial charge in [0.2, 0.25) is 0 Å². The Labute approximate surface area is 221 Å². The molecule has 0 spiro atoms. The van der Waals surface area contributed by atoms with Gasteiger partial charge in [0.15, 0.2) is 5.84 Å². The van der Waals surface area contributed by atoms with Crippen LogP contribution in [0.2, 0.25) is 0 Å². The van der Waals surface area contributed by atoms with Crippen molar-refractivity contribution < 1.29 is 23.2 Å². The van der Waals surface area contributed by atoms with Gasteiger partial charge in [0.1, 0.15) is 22.0 Å². The molecule has 2 aromatic heterocycles. The number of aromatic nitrogens is 2. The molecule has 14 heteroatoms. The van der Waals surface area contributed by atoms with Gasteiger partial charge in [-0.15, -0.1) is 4.40 Å². The molecule has 200 valence electrons. The molecule has 5 rings (SSSR count). The van der Waals surface area contributed by atoms with Crippen LogP contribution in [-0.2, 0) is 10.0 Å². The van der Waals surface area contributed by atoms with Crippen LogP contribution in [0.3, 0.4) is 0 Å². The van der Waals surface area contributed by atoms with E-state index < -0.39 is 31.9 Å². The molecule has 0 radical (unpaired) electrons. The minimum Gasteiger partial charge on any atom is -0.506 e. The van der Waals surface area contributed by atoms with Crippen molar-refractivity contribution in [1.29, 1.82) is 0 Å². The first-order valence-electron chi connectivity index (χ1n) is 11.7. The zero-order valence-corrected chi connectivity index (χ0v) is 21.5. The van der Waals surface area contributed by atoms with E-state index in [-0.39, 0.29) is 39.5 Å². The van der Waals surface area contributed by atoms with Gasteiger partial charge in [0, 0.05) is 30.3 Å². The largest absolute Gasteiger partial charge is 0.506 e. The molecule has 0 saturated carbocycles. The zero-order valence-electron chi connectivity index (χ0n) is 20.7. The molecular weight excluding hydrogens is 528 g/mol. The number of para-hydroxylation sites is 1. The van der Waals surface area contributed by atoms with Crippen LogP contribution in [0.1, 0.15) is 19.4 Å². The van der Waals surface area contributed by atoms with E-state index in [1.807, 2.05) is 13.8 Å². The molecule has 4 aromatic rings. The van der Waals surface area contributed by atoms with E-state index in [0.717, 1.165) is 6.07 Å². The van der Waals surface area contributed by atoms with Gasteiger partial charge < -0.3 is 20.6 Å². The molecule has 0 atom stereocenters. The van der Waals surface area contributed by atoms with Crippen molar-refractivity contribution in [2.45, 2.75) is 18.7 Å². The molecular formula is C25H22N6O7S. The number of rotatable bonds is 7. The number of fused-ring (bicyclic) bond motifs is 2. The van der Waals surface area contributed by atoms with Crippen molar-refractivity contribution in [2.24, 2.45) is 10.3 Å². The average Bonchev–Trinajstić information content (AvgIpc) is 2.89. The summed E-state index contributed by atoms with van der Waals surface area (Å²) in [7, 11) is -4.39. The van der Waals surface area contributed by atoms with E-state index >= 15 is 0 Å². The molecule has 13 nitrogen and oxygen atoms in total. The third-order valence-corrected chi connectivity index (χ3v) is 7.12. The lowest BCUT2D eigenvalue weighted by molar-refractivity contribution is -0.386. The average molecular weight is 551 g/mol. The number of anilines is 1. The summed E-state index contributed by atoms with van der Waals surface area (Å²) in [5.41, 5.74) is 2.09. The first kappa shape index (κ1) is 25.7. The molecule has 3 N–H and O–H groups in total. The number of aromatic hydroxyl groups is 1. The Morgan fingerprint density at radius 1 is 1.18 bits per heavy atom. The van der Waals surface area contributed by atoms with E-state index in [2.05, 4.69) is 20.1 Å².